The van der Waals surface area contributed by atoms with Gasteiger partial charge in [0.2, 0.25) is 0 Å². The summed E-state index contributed by atoms with van der Waals surface area (Å²) in [7, 11) is -2.64. The fourth-order valence-corrected chi connectivity index (χ4v) is 2.78. The summed E-state index contributed by atoms with van der Waals surface area (Å²) in [6.45, 7) is 0. The van der Waals surface area contributed by atoms with E-state index in [2.05, 4.69) is 4.72 Å². The minimum atomic E-state index is -4.09. The number of sulfonamides is 1. The van der Waals surface area contributed by atoms with Crippen LogP contribution >= 0.6 is 0 Å². The Bertz CT molecular complexity index is 869. The van der Waals surface area contributed by atoms with E-state index in [9.17, 15) is 18.1 Å². The maximum absolute atomic E-state index is 12.9. The number of halogens is 1. The number of methoxy groups -OCH3 is 1. The molecule has 0 atom stereocenters. The van der Waals surface area contributed by atoms with E-state index in [1.807, 2.05) is 0 Å². The summed E-state index contributed by atoms with van der Waals surface area (Å²) >= 11 is 0. The topological polar surface area (TPSA) is 79.2 Å². The highest BCUT2D eigenvalue weighted by atomic mass is 32.2. The highest BCUT2D eigenvalue weighted by Crippen LogP contribution is 2.23. The quantitative estimate of drug-likeness (QED) is 0.853. The molecule has 0 aliphatic rings. The van der Waals surface area contributed by atoms with Crippen LogP contribution in [-0.4, -0.2) is 15.5 Å². The van der Waals surface area contributed by atoms with Crippen LogP contribution in [0.25, 0.3) is 6.08 Å². The lowest BCUT2D eigenvalue weighted by atomic mass is 10.2. The number of anilines is 1. The number of rotatable bonds is 5. The van der Waals surface area contributed by atoms with E-state index in [1.165, 1.54) is 25.3 Å². The van der Waals surface area contributed by atoms with Crippen LogP contribution in [0.4, 0.5) is 10.1 Å². The first kappa shape index (κ1) is 16.5. The molecule has 2 aromatic carbocycles. The molecule has 0 fully saturated rings. The van der Waals surface area contributed by atoms with Gasteiger partial charge in [0.1, 0.15) is 17.6 Å². The van der Waals surface area contributed by atoms with Crippen LogP contribution < -0.4 is 9.46 Å². The zero-order chi connectivity index (χ0) is 16.9. The Hall–Kier alpha value is -2.85. The van der Waals surface area contributed by atoms with Crippen LogP contribution in [-0.2, 0) is 10.0 Å². The molecule has 1 N–H and O–H groups in total. The van der Waals surface area contributed by atoms with Crippen molar-refractivity contribution in [1.82, 2.24) is 0 Å². The van der Waals surface area contributed by atoms with Crippen LogP contribution in [0.1, 0.15) is 5.56 Å². The molecule has 0 saturated carbocycles. The number of hydrogen-bond acceptors (Lipinski definition) is 4. The van der Waals surface area contributed by atoms with Gasteiger partial charge in [-0.05, 0) is 36.4 Å². The summed E-state index contributed by atoms with van der Waals surface area (Å²) in [6, 6.07) is 13.1. The average Bonchev–Trinajstić information content (AvgIpc) is 2.54. The van der Waals surface area contributed by atoms with Crippen LogP contribution in [0.3, 0.4) is 0 Å². The minimum absolute atomic E-state index is 0.160. The number of nitrogens with zero attached hydrogens (tertiary/aromatic N) is 1. The molecule has 0 aromatic heterocycles. The number of ether oxygens (including phenoxy) is 1. The molecule has 2 rings (SSSR count). The highest BCUT2D eigenvalue weighted by molar-refractivity contribution is 7.96. The molecule has 0 radical (unpaired) electrons. The number of benzene rings is 2. The van der Waals surface area contributed by atoms with E-state index in [1.54, 1.807) is 30.3 Å². The average molecular weight is 332 g/mol. The Labute approximate surface area is 133 Å². The molecule has 0 unspecified atom stereocenters. The molecule has 5 nitrogen and oxygen atoms in total. The van der Waals surface area contributed by atoms with Crippen molar-refractivity contribution < 1.29 is 17.5 Å². The molecule has 0 aliphatic heterocycles. The molecule has 0 saturated heterocycles. The lowest BCUT2D eigenvalue weighted by Gasteiger charge is -2.08. The van der Waals surface area contributed by atoms with Gasteiger partial charge < -0.3 is 4.74 Å². The van der Waals surface area contributed by atoms with E-state index in [-0.39, 0.29) is 5.69 Å². The molecule has 7 heteroatoms. The zero-order valence-electron chi connectivity index (χ0n) is 12.2. The third kappa shape index (κ3) is 4.08. The number of nitriles is 1. The Kier molecular flexibility index (Phi) is 4.98. The van der Waals surface area contributed by atoms with Gasteiger partial charge in [0.05, 0.1) is 7.11 Å². The van der Waals surface area contributed by atoms with Crippen molar-refractivity contribution in [2.24, 2.45) is 0 Å². The largest absolute Gasteiger partial charge is 0.496 e. The third-order valence-corrected chi connectivity index (χ3v) is 4.21. The molecular weight excluding hydrogens is 319 g/mol. The maximum Gasteiger partial charge on any atom is 0.272 e. The van der Waals surface area contributed by atoms with Crippen molar-refractivity contribution in [2.45, 2.75) is 0 Å². The van der Waals surface area contributed by atoms with E-state index >= 15 is 0 Å². The second-order valence-corrected chi connectivity index (χ2v) is 6.13. The van der Waals surface area contributed by atoms with Gasteiger partial charge in [-0.2, -0.15) is 5.26 Å². The summed E-state index contributed by atoms with van der Waals surface area (Å²) in [5, 5.41) is 9.17. The molecular formula is C16H13FN2O3S. The molecule has 0 aliphatic carbocycles. The first-order valence-corrected chi connectivity index (χ1v) is 7.98. The van der Waals surface area contributed by atoms with Crippen molar-refractivity contribution in [3.63, 3.8) is 0 Å². The van der Waals surface area contributed by atoms with Crippen LogP contribution in [0, 0.1) is 17.1 Å². The smallest absolute Gasteiger partial charge is 0.272 e. The minimum Gasteiger partial charge on any atom is -0.496 e. The molecule has 0 bridgehead atoms. The van der Waals surface area contributed by atoms with E-state index < -0.39 is 20.7 Å². The number of allylic oxidation sites excluding steroid dienone is 1. The third-order valence-electron chi connectivity index (χ3n) is 2.92. The Morgan fingerprint density at radius 2 is 1.87 bits per heavy atom. The van der Waals surface area contributed by atoms with Crippen LogP contribution in [0.2, 0.25) is 0 Å². The molecule has 0 spiro atoms. The predicted octanol–water partition coefficient (Wildman–Crippen LogP) is 3.14. The summed E-state index contributed by atoms with van der Waals surface area (Å²) < 4.78 is 44.8. The monoisotopic (exact) mass is 332 g/mol. The molecule has 2 aromatic rings. The first-order valence-electron chi connectivity index (χ1n) is 6.49. The first-order chi connectivity index (χ1) is 11.0. The summed E-state index contributed by atoms with van der Waals surface area (Å²) in [4.78, 5) is -0.480. The van der Waals surface area contributed by atoms with Gasteiger partial charge in [0, 0.05) is 11.3 Å². The van der Waals surface area contributed by atoms with Gasteiger partial charge in [-0.1, -0.05) is 18.2 Å². The molecule has 23 heavy (non-hydrogen) atoms. The molecule has 0 heterocycles. The van der Waals surface area contributed by atoms with Crippen molar-refractivity contribution in [3.8, 4) is 11.8 Å². The van der Waals surface area contributed by atoms with E-state index in [0.29, 0.717) is 11.3 Å². The Morgan fingerprint density at radius 3 is 2.48 bits per heavy atom. The fourth-order valence-electron chi connectivity index (χ4n) is 1.82. The normalized spacial score (nSPS) is 11.6. The lowest BCUT2D eigenvalue weighted by Crippen LogP contribution is -2.14. The summed E-state index contributed by atoms with van der Waals surface area (Å²) in [6.07, 6.45) is 1.21. The number of para-hydroxylation sites is 1. The van der Waals surface area contributed by atoms with Crippen molar-refractivity contribution in [1.29, 1.82) is 5.26 Å². The number of nitrogens with one attached hydrogen (secondary N) is 1. The predicted molar refractivity (Wildman–Crippen MR) is 85.5 cm³/mol. The SMILES string of the molecule is COc1ccccc1/C=C(\C#N)S(=O)(=O)Nc1ccc(F)cc1. The number of hydrogen-bond donors (Lipinski definition) is 1. The van der Waals surface area contributed by atoms with Crippen LogP contribution in [0.15, 0.2) is 53.4 Å². The van der Waals surface area contributed by atoms with Gasteiger partial charge in [0.25, 0.3) is 10.0 Å². The van der Waals surface area contributed by atoms with Gasteiger partial charge in [-0.3, -0.25) is 4.72 Å². The van der Waals surface area contributed by atoms with Gasteiger partial charge in [0.15, 0.2) is 4.91 Å². The van der Waals surface area contributed by atoms with Crippen molar-refractivity contribution >= 4 is 21.8 Å². The fraction of sp³-hybridized carbons (Fsp3) is 0.0625. The maximum atomic E-state index is 12.9. The van der Waals surface area contributed by atoms with E-state index in [0.717, 1.165) is 12.1 Å². The summed E-state index contributed by atoms with van der Waals surface area (Å²) in [5.41, 5.74) is 0.614. The van der Waals surface area contributed by atoms with Crippen molar-refractivity contribution in [2.75, 3.05) is 11.8 Å². The second kappa shape index (κ2) is 6.94. The molecule has 0 amide bonds. The van der Waals surface area contributed by atoms with Crippen LogP contribution in [0.5, 0.6) is 5.75 Å². The Balaban J connectivity index is 2.37. The Morgan fingerprint density at radius 1 is 1.22 bits per heavy atom. The highest BCUT2D eigenvalue weighted by Gasteiger charge is 2.18. The molecule has 118 valence electrons. The second-order valence-electron chi connectivity index (χ2n) is 4.47. The lowest BCUT2D eigenvalue weighted by molar-refractivity contribution is 0.414. The van der Waals surface area contributed by atoms with Gasteiger partial charge in [-0.15, -0.1) is 0 Å². The zero-order valence-corrected chi connectivity index (χ0v) is 13.0. The van der Waals surface area contributed by atoms with Gasteiger partial charge in [-0.25, -0.2) is 12.8 Å². The van der Waals surface area contributed by atoms with Gasteiger partial charge >= 0.3 is 0 Å². The van der Waals surface area contributed by atoms with E-state index in [4.69, 9.17) is 4.74 Å². The van der Waals surface area contributed by atoms with Crippen molar-refractivity contribution in [3.05, 3.63) is 64.8 Å². The standard InChI is InChI=1S/C16H13FN2O3S/c1-22-16-5-3-2-4-12(16)10-15(11-18)23(20,21)19-14-8-6-13(17)7-9-14/h2-10,19H,1H3/b15-10+. The summed E-state index contributed by atoms with van der Waals surface area (Å²) in [5.74, 6) is -0.0461.